The molecule has 0 saturated heterocycles. The van der Waals surface area contributed by atoms with Crippen LogP contribution >= 0.6 is 0 Å². The van der Waals surface area contributed by atoms with Gasteiger partial charge >= 0.3 is 0 Å². The highest BCUT2D eigenvalue weighted by atomic mass is 15.0. The summed E-state index contributed by atoms with van der Waals surface area (Å²) in [5.74, 6) is 0. The van der Waals surface area contributed by atoms with Crippen molar-refractivity contribution < 1.29 is 0 Å². The number of aromatic nitrogens is 1. The van der Waals surface area contributed by atoms with Crippen LogP contribution in [0.3, 0.4) is 0 Å². The van der Waals surface area contributed by atoms with Crippen LogP contribution in [0.1, 0.15) is 5.56 Å². The van der Waals surface area contributed by atoms with Crippen molar-refractivity contribution in [2.45, 2.75) is 6.92 Å². The molecule has 0 N–H and O–H groups in total. The lowest BCUT2D eigenvalue weighted by Crippen LogP contribution is -1.94. The topological polar surface area (TPSA) is 4.93 Å². The van der Waals surface area contributed by atoms with Crippen LogP contribution in [0.15, 0.2) is 72.9 Å². The zero-order valence-corrected chi connectivity index (χ0v) is 10.4. The van der Waals surface area contributed by atoms with Gasteiger partial charge in [0.15, 0.2) is 0 Å². The first-order valence-corrected chi connectivity index (χ1v) is 6.14. The second-order valence-corrected chi connectivity index (χ2v) is 4.47. The number of hydrogen-bond acceptors (Lipinski definition) is 0. The van der Waals surface area contributed by atoms with E-state index >= 15 is 0 Å². The summed E-state index contributed by atoms with van der Waals surface area (Å²) >= 11 is 0. The molecule has 0 unspecified atom stereocenters. The van der Waals surface area contributed by atoms with Crippen LogP contribution < -0.4 is 0 Å². The molecule has 0 aliphatic carbocycles. The summed E-state index contributed by atoms with van der Waals surface area (Å²) in [6.07, 6.45) is 2.10. The minimum Gasteiger partial charge on any atom is -0.317 e. The molecule has 0 radical (unpaired) electrons. The standard InChI is InChI=1S/C17H15N/c1-14-9-11-15(12-10-14)17-8-5-13-18(17)16-6-3-2-4-7-16/h2-13H,1H3. The first-order chi connectivity index (χ1) is 8.84. The maximum atomic E-state index is 2.21. The molecule has 1 nitrogen and oxygen atoms in total. The lowest BCUT2D eigenvalue weighted by molar-refractivity contribution is 1.09. The van der Waals surface area contributed by atoms with Gasteiger partial charge in [-0.25, -0.2) is 0 Å². The Labute approximate surface area is 107 Å². The molecule has 0 spiro atoms. The highest BCUT2D eigenvalue weighted by Crippen LogP contribution is 2.23. The molecule has 0 fully saturated rings. The van der Waals surface area contributed by atoms with Crippen LogP contribution in [-0.2, 0) is 0 Å². The minimum atomic E-state index is 1.19. The van der Waals surface area contributed by atoms with E-state index in [9.17, 15) is 0 Å². The first kappa shape index (κ1) is 10.8. The van der Waals surface area contributed by atoms with E-state index < -0.39 is 0 Å². The summed E-state index contributed by atoms with van der Waals surface area (Å²) in [5.41, 5.74) is 4.95. The molecule has 0 saturated carbocycles. The van der Waals surface area contributed by atoms with E-state index in [0.717, 1.165) is 0 Å². The summed E-state index contributed by atoms with van der Waals surface area (Å²) in [7, 11) is 0. The average Bonchev–Trinajstić information content (AvgIpc) is 2.90. The number of hydrogen-bond donors (Lipinski definition) is 0. The van der Waals surface area contributed by atoms with Gasteiger partial charge in [0.1, 0.15) is 0 Å². The highest BCUT2D eigenvalue weighted by molar-refractivity contribution is 5.63. The normalized spacial score (nSPS) is 10.5. The third-order valence-electron chi connectivity index (χ3n) is 3.13. The Kier molecular flexibility index (Phi) is 2.73. The van der Waals surface area contributed by atoms with Gasteiger partial charge in [-0.15, -0.1) is 0 Å². The molecular weight excluding hydrogens is 218 g/mol. The van der Waals surface area contributed by atoms with Crippen LogP contribution in [0.4, 0.5) is 0 Å². The molecule has 0 aliphatic rings. The van der Waals surface area contributed by atoms with Gasteiger partial charge in [0.05, 0.1) is 5.69 Å². The second-order valence-electron chi connectivity index (χ2n) is 4.47. The van der Waals surface area contributed by atoms with Gasteiger partial charge in [-0.3, -0.25) is 0 Å². The van der Waals surface area contributed by atoms with E-state index in [1.165, 1.54) is 22.5 Å². The maximum absolute atomic E-state index is 2.21. The average molecular weight is 233 g/mol. The van der Waals surface area contributed by atoms with Crippen LogP contribution in [-0.4, -0.2) is 4.57 Å². The van der Waals surface area contributed by atoms with E-state index in [1.807, 2.05) is 6.07 Å². The molecule has 0 atom stereocenters. The maximum Gasteiger partial charge on any atom is 0.0528 e. The van der Waals surface area contributed by atoms with Crippen molar-refractivity contribution in [1.29, 1.82) is 0 Å². The minimum absolute atomic E-state index is 1.19. The predicted molar refractivity (Wildman–Crippen MR) is 75.9 cm³/mol. The summed E-state index contributed by atoms with van der Waals surface area (Å²) in [5, 5.41) is 0. The number of nitrogens with zero attached hydrogens (tertiary/aromatic N) is 1. The first-order valence-electron chi connectivity index (χ1n) is 6.14. The van der Waals surface area contributed by atoms with Gasteiger partial charge in [0, 0.05) is 11.9 Å². The Morgan fingerprint density at radius 2 is 1.44 bits per heavy atom. The van der Waals surface area contributed by atoms with Crippen LogP contribution in [0, 0.1) is 6.92 Å². The van der Waals surface area contributed by atoms with Crippen molar-refractivity contribution in [3.63, 3.8) is 0 Å². The zero-order valence-electron chi connectivity index (χ0n) is 10.4. The van der Waals surface area contributed by atoms with Gasteiger partial charge in [0.2, 0.25) is 0 Å². The fourth-order valence-electron chi connectivity index (χ4n) is 2.15. The number of para-hydroxylation sites is 1. The summed E-state index contributed by atoms with van der Waals surface area (Å²) < 4.78 is 2.21. The molecule has 1 heteroatoms. The van der Waals surface area contributed by atoms with E-state index in [-0.39, 0.29) is 0 Å². The Hall–Kier alpha value is -2.28. The molecule has 1 heterocycles. The SMILES string of the molecule is Cc1ccc(-c2cccn2-c2ccccc2)cc1. The van der Waals surface area contributed by atoms with Crippen LogP contribution in [0.2, 0.25) is 0 Å². The lowest BCUT2D eigenvalue weighted by Gasteiger charge is -2.09. The van der Waals surface area contributed by atoms with E-state index in [4.69, 9.17) is 0 Å². The molecule has 18 heavy (non-hydrogen) atoms. The molecule has 3 rings (SSSR count). The lowest BCUT2D eigenvalue weighted by atomic mass is 10.1. The molecule has 2 aromatic carbocycles. The summed E-state index contributed by atoms with van der Waals surface area (Å²) in [6.45, 7) is 2.11. The molecule has 88 valence electrons. The number of aryl methyl sites for hydroxylation is 1. The van der Waals surface area contributed by atoms with Crippen molar-refractivity contribution in [1.82, 2.24) is 4.57 Å². The molecule has 1 aromatic heterocycles. The fraction of sp³-hybridized carbons (Fsp3) is 0.0588. The van der Waals surface area contributed by atoms with Gasteiger partial charge in [-0.05, 0) is 36.8 Å². The van der Waals surface area contributed by atoms with E-state index in [2.05, 4.69) is 78.4 Å². The Balaban J connectivity index is 2.10. The second kappa shape index (κ2) is 4.53. The van der Waals surface area contributed by atoms with Gasteiger partial charge in [-0.2, -0.15) is 0 Å². The Bertz CT molecular complexity index is 633. The van der Waals surface area contributed by atoms with Gasteiger partial charge in [-0.1, -0.05) is 48.0 Å². The molecule has 3 aromatic rings. The van der Waals surface area contributed by atoms with Crippen LogP contribution in [0.5, 0.6) is 0 Å². The predicted octanol–water partition coefficient (Wildman–Crippen LogP) is 4.45. The third kappa shape index (κ3) is 1.95. The number of benzene rings is 2. The van der Waals surface area contributed by atoms with Crippen LogP contribution in [0.25, 0.3) is 16.9 Å². The van der Waals surface area contributed by atoms with Crippen molar-refractivity contribution >= 4 is 0 Å². The molecular formula is C17H15N. The third-order valence-corrected chi connectivity index (χ3v) is 3.13. The van der Waals surface area contributed by atoms with Crippen molar-refractivity contribution in [3.8, 4) is 16.9 Å². The molecule has 0 amide bonds. The molecule has 0 aliphatic heterocycles. The van der Waals surface area contributed by atoms with Crippen molar-refractivity contribution in [3.05, 3.63) is 78.5 Å². The monoisotopic (exact) mass is 233 g/mol. The van der Waals surface area contributed by atoms with Crippen molar-refractivity contribution in [2.75, 3.05) is 0 Å². The van der Waals surface area contributed by atoms with E-state index in [1.54, 1.807) is 0 Å². The van der Waals surface area contributed by atoms with Gasteiger partial charge in [0.25, 0.3) is 0 Å². The van der Waals surface area contributed by atoms with Crippen molar-refractivity contribution in [2.24, 2.45) is 0 Å². The smallest absolute Gasteiger partial charge is 0.0528 e. The Morgan fingerprint density at radius 1 is 0.722 bits per heavy atom. The van der Waals surface area contributed by atoms with E-state index in [0.29, 0.717) is 0 Å². The molecule has 0 bridgehead atoms. The largest absolute Gasteiger partial charge is 0.317 e. The number of rotatable bonds is 2. The summed E-state index contributed by atoms with van der Waals surface area (Å²) in [6, 6.07) is 23.3. The fourth-order valence-corrected chi connectivity index (χ4v) is 2.15. The summed E-state index contributed by atoms with van der Waals surface area (Å²) in [4.78, 5) is 0. The Morgan fingerprint density at radius 3 is 2.17 bits per heavy atom. The zero-order chi connectivity index (χ0) is 12.4. The highest BCUT2D eigenvalue weighted by Gasteiger charge is 2.04. The van der Waals surface area contributed by atoms with Gasteiger partial charge < -0.3 is 4.57 Å². The quantitative estimate of drug-likeness (QED) is 0.616.